The van der Waals surface area contributed by atoms with E-state index >= 15 is 0 Å². The average Bonchev–Trinajstić information content (AvgIpc) is 2.27. The van der Waals surface area contributed by atoms with Crippen LogP contribution in [0.4, 0.5) is 13.2 Å². The molecule has 1 fully saturated rings. The molecule has 0 aromatic carbocycles. The Morgan fingerprint density at radius 1 is 1.21 bits per heavy atom. The Morgan fingerprint density at radius 3 is 2.43 bits per heavy atom. The van der Waals surface area contributed by atoms with Gasteiger partial charge in [0.05, 0.1) is 0 Å². The molecule has 82 valence electrons. The Balaban J connectivity index is 2.60. The van der Waals surface area contributed by atoms with Crippen molar-refractivity contribution in [2.45, 2.75) is 12.6 Å². The van der Waals surface area contributed by atoms with E-state index in [-0.39, 0.29) is 18.8 Å². The summed E-state index contributed by atoms with van der Waals surface area (Å²) in [6.07, 6.45) is -4.44. The zero-order valence-electron chi connectivity index (χ0n) is 7.34. The highest BCUT2D eigenvalue weighted by Crippen LogP contribution is 2.19. The number of hydrogen-bond donors (Lipinski definition) is 0. The van der Waals surface area contributed by atoms with Crippen molar-refractivity contribution in [3.05, 3.63) is 0 Å². The van der Waals surface area contributed by atoms with Crippen molar-refractivity contribution in [2.75, 3.05) is 24.6 Å². The predicted octanol–water partition coefficient (Wildman–Crippen LogP) is 0.530. The molecule has 0 radical (unpaired) electrons. The number of carbonyl (C=O) groups is 1. The molecule has 1 atom stereocenters. The SMILES string of the molecule is O=C(N1CCCS(=O)CC1)C(F)(F)F. The Bertz CT molecular complexity index is 254. The molecule has 0 aliphatic carbocycles. The maximum Gasteiger partial charge on any atom is 0.471 e. The number of amides is 1. The van der Waals surface area contributed by atoms with Crippen LogP contribution in [0.25, 0.3) is 0 Å². The molecule has 1 heterocycles. The molecular formula is C7H10F3NO2S. The van der Waals surface area contributed by atoms with Crippen LogP contribution in [0.5, 0.6) is 0 Å². The molecule has 3 nitrogen and oxygen atoms in total. The molecule has 0 bridgehead atoms. The molecule has 0 aromatic rings. The van der Waals surface area contributed by atoms with Gasteiger partial charge in [-0.3, -0.25) is 9.00 Å². The molecule has 14 heavy (non-hydrogen) atoms. The third-order valence-electron chi connectivity index (χ3n) is 1.92. The van der Waals surface area contributed by atoms with Crippen LogP contribution < -0.4 is 0 Å². The molecule has 1 rings (SSSR count). The first-order chi connectivity index (χ1) is 6.41. The second kappa shape index (κ2) is 4.29. The fourth-order valence-corrected chi connectivity index (χ4v) is 2.30. The Hall–Kier alpha value is -0.590. The third kappa shape index (κ3) is 2.97. The van der Waals surface area contributed by atoms with Gasteiger partial charge in [-0.05, 0) is 6.42 Å². The fourth-order valence-electron chi connectivity index (χ4n) is 1.22. The van der Waals surface area contributed by atoms with Gasteiger partial charge < -0.3 is 4.90 Å². The first-order valence-electron chi connectivity index (χ1n) is 4.12. The highest BCUT2D eigenvalue weighted by atomic mass is 32.2. The number of carbonyl (C=O) groups excluding carboxylic acids is 1. The van der Waals surface area contributed by atoms with Gasteiger partial charge >= 0.3 is 12.1 Å². The van der Waals surface area contributed by atoms with Crippen LogP contribution in [-0.2, 0) is 15.6 Å². The first-order valence-corrected chi connectivity index (χ1v) is 5.61. The maximum atomic E-state index is 12.0. The summed E-state index contributed by atoms with van der Waals surface area (Å²) in [5.41, 5.74) is 0. The van der Waals surface area contributed by atoms with E-state index in [0.29, 0.717) is 12.2 Å². The van der Waals surface area contributed by atoms with E-state index in [4.69, 9.17) is 0 Å². The summed E-state index contributed by atoms with van der Waals surface area (Å²) in [4.78, 5) is 11.5. The molecule has 1 aliphatic heterocycles. The highest BCUT2D eigenvalue weighted by molar-refractivity contribution is 7.85. The lowest BCUT2D eigenvalue weighted by Crippen LogP contribution is -2.42. The van der Waals surface area contributed by atoms with Gasteiger partial charge in [0.25, 0.3) is 0 Å². The molecule has 0 N–H and O–H groups in total. The molecule has 0 spiro atoms. The number of halogens is 3. The standard InChI is InChI=1S/C7H10F3NO2S/c8-7(9,10)6(12)11-2-1-4-14(13)5-3-11/h1-5H2. The smallest absolute Gasteiger partial charge is 0.334 e. The first kappa shape index (κ1) is 11.5. The molecule has 1 unspecified atom stereocenters. The zero-order valence-corrected chi connectivity index (χ0v) is 8.16. The van der Waals surface area contributed by atoms with Crippen LogP contribution in [0.2, 0.25) is 0 Å². The number of nitrogens with zero attached hydrogens (tertiary/aromatic N) is 1. The Kier molecular flexibility index (Phi) is 3.52. The van der Waals surface area contributed by atoms with Crippen LogP contribution in [0.1, 0.15) is 6.42 Å². The Labute approximate surface area is 81.7 Å². The molecule has 0 saturated carbocycles. The zero-order chi connectivity index (χ0) is 10.8. The summed E-state index contributed by atoms with van der Waals surface area (Å²) in [6.45, 7) is -0.0188. The van der Waals surface area contributed by atoms with Gasteiger partial charge in [-0.2, -0.15) is 13.2 Å². The van der Waals surface area contributed by atoms with Crippen LogP contribution in [0.15, 0.2) is 0 Å². The van der Waals surface area contributed by atoms with Crippen LogP contribution in [0, 0.1) is 0 Å². The minimum Gasteiger partial charge on any atom is -0.334 e. The van der Waals surface area contributed by atoms with Gasteiger partial charge in [0.2, 0.25) is 0 Å². The lowest BCUT2D eigenvalue weighted by Gasteiger charge is -2.20. The molecule has 1 amide bonds. The third-order valence-corrected chi connectivity index (χ3v) is 3.30. The second-order valence-corrected chi connectivity index (χ2v) is 4.69. The minimum atomic E-state index is -4.81. The molecule has 7 heteroatoms. The van der Waals surface area contributed by atoms with Crippen molar-refractivity contribution in [1.29, 1.82) is 0 Å². The molecule has 1 saturated heterocycles. The van der Waals surface area contributed by atoms with E-state index in [9.17, 15) is 22.2 Å². The van der Waals surface area contributed by atoms with Crippen molar-refractivity contribution >= 4 is 16.7 Å². The summed E-state index contributed by atoms with van der Waals surface area (Å²) < 4.78 is 47.0. The largest absolute Gasteiger partial charge is 0.471 e. The fraction of sp³-hybridized carbons (Fsp3) is 0.857. The van der Waals surface area contributed by atoms with E-state index in [1.807, 2.05) is 0 Å². The lowest BCUT2D eigenvalue weighted by molar-refractivity contribution is -0.185. The van der Waals surface area contributed by atoms with E-state index < -0.39 is 22.9 Å². The van der Waals surface area contributed by atoms with Crippen LogP contribution >= 0.6 is 0 Å². The summed E-state index contributed by atoms with van der Waals surface area (Å²) in [5, 5.41) is 0. The second-order valence-electron chi connectivity index (χ2n) is 2.99. The number of hydrogen-bond acceptors (Lipinski definition) is 2. The monoisotopic (exact) mass is 229 g/mol. The van der Waals surface area contributed by atoms with Gasteiger partial charge in [0, 0.05) is 35.4 Å². The average molecular weight is 229 g/mol. The van der Waals surface area contributed by atoms with Gasteiger partial charge in [-0.15, -0.1) is 0 Å². The van der Waals surface area contributed by atoms with Crippen LogP contribution in [0.3, 0.4) is 0 Å². The van der Waals surface area contributed by atoms with E-state index in [2.05, 4.69) is 0 Å². The van der Waals surface area contributed by atoms with E-state index in [1.54, 1.807) is 0 Å². The normalized spacial score (nSPS) is 24.5. The van der Waals surface area contributed by atoms with E-state index in [1.165, 1.54) is 0 Å². The molecule has 0 aromatic heterocycles. The van der Waals surface area contributed by atoms with Crippen LogP contribution in [-0.4, -0.2) is 45.8 Å². The topological polar surface area (TPSA) is 37.4 Å². The van der Waals surface area contributed by atoms with E-state index in [0.717, 1.165) is 4.90 Å². The molecule has 1 aliphatic rings. The predicted molar refractivity (Wildman–Crippen MR) is 45.1 cm³/mol. The van der Waals surface area contributed by atoms with Gasteiger partial charge in [0.1, 0.15) is 0 Å². The van der Waals surface area contributed by atoms with Gasteiger partial charge in [0.15, 0.2) is 0 Å². The summed E-state index contributed by atoms with van der Waals surface area (Å²) in [6, 6.07) is 0. The van der Waals surface area contributed by atoms with Crippen molar-refractivity contribution in [1.82, 2.24) is 4.90 Å². The molecular weight excluding hydrogens is 219 g/mol. The van der Waals surface area contributed by atoms with Gasteiger partial charge in [-0.25, -0.2) is 0 Å². The van der Waals surface area contributed by atoms with Crippen molar-refractivity contribution in [3.63, 3.8) is 0 Å². The lowest BCUT2D eigenvalue weighted by atomic mass is 10.4. The van der Waals surface area contributed by atoms with Gasteiger partial charge in [-0.1, -0.05) is 0 Å². The minimum absolute atomic E-state index is 0.0457. The summed E-state index contributed by atoms with van der Waals surface area (Å²) in [7, 11) is -1.08. The van der Waals surface area contributed by atoms with Crippen molar-refractivity contribution in [2.24, 2.45) is 0 Å². The number of rotatable bonds is 0. The summed E-state index contributed by atoms with van der Waals surface area (Å²) in [5.74, 6) is -1.31. The quantitative estimate of drug-likeness (QED) is 0.607. The van der Waals surface area contributed by atoms with Crippen molar-refractivity contribution < 1.29 is 22.2 Å². The highest BCUT2D eigenvalue weighted by Gasteiger charge is 2.42. The summed E-state index contributed by atoms with van der Waals surface area (Å²) >= 11 is 0. The maximum absolute atomic E-state index is 12.0. The number of alkyl halides is 3. The Morgan fingerprint density at radius 2 is 1.86 bits per heavy atom. The van der Waals surface area contributed by atoms with Crippen molar-refractivity contribution in [3.8, 4) is 0 Å².